The van der Waals surface area contributed by atoms with Gasteiger partial charge >= 0.3 is 0 Å². The van der Waals surface area contributed by atoms with E-state index in [-0.39, 0.29) is 0 Å². The lowest BCUT2D eigenvalue weighted by molar-refractivity contribution is -0.120. The average molecular weight is 188 g/mol. The molecule has 1 aliphatic rings. The molecule has 0 aliphatic heterocycles. The fourth-order valence-corrected chi connectivity index (χ4v) is 1.87. The van der Waals surface area contributed by atoms with E-state index >= 15 is 0 Å². The summed E-state index contributed by atoms with van der Waals surface area (Å²) in [6.45, 7) is 2.16. The summed E-state index contributed by atoms with van der Waals surface area (Å²) in [7, 11) is 0. The second-order valence-electron chi connectivity index (χ2n) is 4.27. The Labute approximate surface area is 85.1 Å². The number of benzene rings is 1. The van der Waals surface area contributed by atoms with Crippen LogP contribution in [0.2, 0.25) is 0 Å². The molecule has 0 heterocycles. The second kappa shape index (κ2) is 3.95. The second-order valence-corrected chi connectivity index (χ2v) is 4.27. The molecule has 1 saturated carbocycles. The van der Waals surface area contributed by atoms with Crippen LogP contribution in [0.1, 0.15) is 25.3 Å². The van der Waals surface area contributed by atoms with Gasteiger partial charge in [-0.25, -0.2) is 0 Å². The molecule has 1 nitrogen and oxygen atoms in total. The van der Waals surface area contributed by atoms with E-state index in [0.29, 0.717) is 17.6 Å². The summed E-state index contributed by atoms with van der Waals surface area (Å²) in [5, 5.41) is 0. The quantitative estimate of drug-likeness (QED) is 0.710. The minimum absolute atomic E-state index is 0.388. The van der Waals surface area contributed by atoms with Gasteiger partial charge in [0.1, 0.15) is 5.78 Å². The summed E-state index contributed by atoms with van der Waals surface area (Å²) in [4.78, 5) is 11.6. The van der Waals surface area contributed by atoms with Crippen LogP contribution in [0, 0.1) is 11.8 Å². The molecule has 0 saturated heterocycles. The molecule has 1 heteroatoms. The summed E-state index contributed by atoms with van der Waals surface area (Å²) >= 11 is 0. The van der Waals surface area contributed by atoms with Crippen LogP contribution in [-0.4, -0.2) is 5.78 Å². The van der Waals surface area contributed by atoms with Gasteiger partial charge in [0.25, 0.3) is 0 Å². The van der Waals surface area contributed by atoms with Crippen molar-refractivity contribution in [1.82, 2.24) is 0 Å². The van der Waals surface area contributed by atoms with Crippen molar-refractivity contribution in [2.75, 3.05) is 0 Å². The Morgan fingerprint density at radius 1 is 1.36 bits per heavy atom. The van der Waals surface area contributed by atoms with Gasteiger partial charge in [0, 0.05) is 12.3 Å². The van der Waals surface area contributed by atoms with Crippen molar-refractivity contribution in [3.05, 3.63) is 35.9 Å². The number of rotatable bonds is 4. The number of hydrogen-bond acceptors (Lipinski definition) is 1. The predicted molar refractivity (Wildman–Crippen MR) is 57.0 cm³/mol. The Kier molecular flexibility index (Phi) is 2.67. The largest absolute Gasteiger partial charge is 0.299 e. The van der Waals surface area contributed by atoms with Gasteiger partial charge in [-0.05, 0) is 24.3 Å². The number of carbonyl (C=O) groups excluding carboxylic acids is 1. The number of ketones is 1. The zero-order chi connectivity index (χ0) is 9.97. The molecule has 2 unspecified atom stereocenters. The van der Waals surface area contributed by atoms with Crippen LogP contribution in [-0.2, 0) is 11.2 Å². The summed E-state index contributed by atoms with van der Waals surface area (Å²) in [5.41, 5.74) is 1.27. The van der Waals surface area contributed by atoms with Crippen LogP contribution < -0.4 is 0 Å². The topological polar surface area (TPSA) is 17.1 Å². The van der Waals surface area contributed by atoms with E-state index in [0.717, 1.165) is 19.3 Å². The Bertz CT molecular complexity index is 315. The summed E-state index contributed by atoms with van der Waals surface area (Å²) in [6.07, 6.45) is 2.75. The van der Waals surface area contributed by atoms with E-state index in [4.69, 9.17) is 0 Å². The summed E-state index contributed by atoms with van der Waals surface area (Å²) in [5.74, 6) is 1.50. The molecule has 1 aromatic carbocycles. The number of hydrogen-bond donors (Lipinski definition) is 0. The van der Waals surface area contributed by atoms with Crippen molar-refractivity contribution in [2.24, 2.45) is 11.8 Å². The molecule has 0 amide bonds. The number of aryl methyl sites for hydroxylation is 1. The Hall–Kier alpha value is -1.11. The molecular weight excluding hydrogens is 172 g/mol. The maximum atomic E-state index is 11.6. The fraction of sp³-hybridized carbons (Fsp3) is 0.462. The van der Waals surface area contributed by atoms with Crippen molar-refractivity contribution < 1.29 is 4.79 Å². The molecule has 1 aliphatic carbocycles. The molecule has 0 N–H and O–H groups in total. The molecule has 0 aromatic heterocycles. The molecule has 1 aromatic rings. The van der Waals surface area contributed by atoms with Gasteiger partial charge < -0.3 is 0 Å². The van der Waals surface area contributed by atoms with Gasteiger partial charge in [-0.2, -0.15) is 0 Å². The SMILES string of the molecule is CC1CC1C(=O)CCc1ccccc1. The number of carbonyl (C=O) groups is 1. The van der Waals surface area contributed by atoms with Crippen molar-refractivity contribution in [2.45, 2.75) is 26.2 Å². The fourth-order valence-electron chi connectivity index (χ4n) is 1.87. The van der Waals surface area contributed by atoms with Crippen molar-refractivity contribution in [1.29, 1.82) is 0 Å². The smallest absolute Gasteiger partial charge is 0.136 e. The first-order chi connectivity index (χ1) is 6.77. The normalized spacial score (nSPS) is 24.6. The zero-order valence-corrected chi connectivity index (χ0v) is 8.57. The first-order valence-corrected chi connectivity index (χ1v) is 5.34. The molecule has 0 spiro atoms. The minimum atomic E-state index is 0.388. The highest BCUT2D eigenvalue weighted by Gasteiger charge is 2.37. The monoisotopic (exact) mass is 188 g/mol. The highest BCUT2D eigenvalue weighted by atomic mass is 16.1. The lowest BCUT2D eigenvalue weighted by Gasteiger charge is -1.99. The van der Waals surface area contributed by atoms with Gasteiger partial charge in [0.15, 0.2) is 0 Å². The summed E-state index contributed by atoms with van der Waals surface area (Å²) in [6, 6.07) is 10.2. The van der Waals surface area contributed by atoms with E-state index in [2.05, 4.69) is 19.1 Å². The standard InChI is InChI=1S/C13H16O/c1-10-9-12(10)13(14)8-7-11-5-3-2-4-6-11/h2-6,10,12H,7-9H2,1H3. The third-order valence-electron chi connectivity index (χ3n) is 3.03. The maximum absolute atomic E-state index is 11.6. The van der Waals surface area contributed by atoms with Gasteiger partial charge in [-0.1, -0.05) is 37.3 Å². The van der Waals surface area contributed by atoms with Crippen LogP contribution >= 0.6 is 0 Å². The third-order valence-corrected chi connectivity index (χ3v) is 3.03. The van der Waals surface area contributed by atoms with Crippen molar-refractivity contribution in [3.63, 3.8) is 0 Å². The highest BCUT2D eigenvalue weighted by molar-refractivity contribution is 5.83. The Morgan fingerprint density at radius 3 is 2.57 bits per heavy atom. The van der Waals surface area contributed by atoms with Gasteiger partial charge in [-0.15, -0.1) is 0 Å². The van der Waals surface area contributed by atoms with Gasteiger partial charge in [0.2, 0.25) is 0 Å². The predicted octanol–water partition coefficient (Wildman–Crippen LogP) is 2.84. The average Bonchev–Trinajstić information content (AvgIpc) is 2.94. The number of Topliss-reactive ketones (excluding diaryl/α,β-unsaturated/α-hetero) is 1. The lowest BCUT2D eigenvalue weighted by Crippen LogP contribution is -2.03. The van der Waals surface area contributed by atoms with Gasteiger partial charge in [0.05, 0.1) is 0 Å². The van der Waals surface area contributed by atoms with Crippen LogP contribution in [0.5, 0.6) is 0 Å². The molecule has 1 fully saturated rings. The minimum Gasteiger partial charge on any atom is -0.299 e. The van der Waals surface area contributed by atoms with E-state index in [1.165, 1.54) is 5.56 Å². The first kappa shape index (κ1) is 9.45. The summed E-state index contributed by atoms with van der Waals surface area (Å²) < 4.78 is 0. The van der Waals surface area contributed by atoms with Crippen LogP contribution in [0.4, 0.5) is 0 Å². The maximum Gasteiger partial charge on any atom is 0.136 e. The van der Waals surface area contributed by atoms with Gasteiger partial charge in [-0.3, -0.25) is 4.79 Å². The molecule has 74 valence electrons. The molecular formula is C13H16O. The molecule has 0 bridgehead atoms. The van der Waals surface area contributed by atoms with Crippen molar-refractivity contribution >= 4 is 5.78 Å². The van der Waals surface area contributed by atoms with E-state index in [1.807, 2.05) is 18.2 Å². The van der Waals surface area contributed by atoms with E-state index in [9.17, 15) is 4.79 Å². The van der Waals surface area contributed by atoms with Crippen molar-refractivity contribution in [3.8, 4) is 0 Å². The molecule has 14 heavy (non-hydrogen) atoms. The first-order valence-electron chi connectivity index (χ1n) is 5.34. The zero-order valence-electron chi connectivity index (χ0n) is 8.57. The Morgan fingerprint density at radius 2 is 2.00 bits per heavy atom. The third kappa shape index (κ3) is 2.22. The van der Waals surface area contributed by atoms with Crippen LogP contribution in [0.25, 0.3) is 0 Å². The Balaban J connectivity index is 1.80. The van der Waals surface area contributed by atoms with Crippen LogP contribution in [0.15, 0.2) is 30.3 Å². The molecule has 2 atom stereocenters. The van der Waals surface area contributed by atoms with E-state index in [1.54, 1.807) is 0 Å². The molecule has 2 rings (SSSR count). The van der Waals surface area contributed by atoms with E-state index < -0.39 is 0 Å². The lowest BCUT2D eigenvalue weighted by atomic mass is 10.1. The highest BCUT2D eigenvalue weighted by Crippen LogP contribution is 2.39. The van der Waals surface area contributed by atoms with Crippen LogP contribution in [0.3, 0.4) is 0 Å². The molecule has 0 radical (unpaired) electrons.